The average Bonchev–Trinajstić information content (AvgIpc) is 3.13. The van der Waals surface area contributed by atoms with Crippen LogP contribution in [0.2, 0.25) is 0 Å². The van der Waals surface area contributed by atoms with Crippen molar-refractivity contribution in [1.82, 2.24) is 25.5 Å². The number of aromatic nitrogens is 2. The van der Waals surface area contributed by atoms with Gasteiger partial charge in [0, 0.05) is 51.4 Å². The first kappa shape index (κ1) is 34.2. The van der Waals surface area contributed by atoms with E-state index in [-0.39, 0.29) is 5.91 Å². The standard InChI is InChI=1S/C39H50N8O2/c40-36-27-37(46-21-23-47(24-22-46)38(48)26-32-9-7-14-35(25-32)49-34-12-5-2-6-13-34)45-39(44-36)43-29-31-17-15-30(16-18-31)28-41-19-8-20-42-33-10-3-1-4-11-33/h2,5-7,9,12-18,25,27,33,41-42H,1,3-4,8,10-11,19-24,26,28-29H2,(H3,40,43,44,45). The van der Waals surface area contributed by atoms with Gasteiger partial charge in [0.05, 0.1) is 6.42 Å². The number of piperazine rings is 1. The van der Waals surface area contributed by atoms with Gasteiger partial charge >= 0.3 is 0 Å². The number of nitrogen functional groups attached to an aromatic ring is 1. The van der Waals surface area contributed by atoms with Gasteiger partial charge in [-0.1, -0.05) is 73.9 Å². The molecule has 10 nitrogen and oxygen atoms in total. The summed E-state index contributed by atoms with van der Waals surface area (Å²) in [6, 6.07) is 28.6. The molecule has 1 aliphatic heterocycles. The smallest absolute Gasteiger partial charge is 0.227 e. The summed E-state index contributed by atoms with van der Waals surface area (Å²) >= 11 is 0. The highest BCUT2D eigenvalue weighted by molar-refractivity contribution is 5.79. The highest BCUT2D eigenvalue weighted by Crippen LogP contribution is 2.23. The summed E-state index contributed by atoms with van der Waals surface area (Å²) in [5, 5.41) is 10.6. The van der Waals surface area contributed by atoms with Gasteiger partial charge < -0.3 is 36.2 Å². The van der Waals surface area contributed by atoms with Gasteiger partial charge in [-0.25, -0.2) is 0 Å². The predicted molar refractivity (Wildman–Crippen MR) is 197 cm³/mol. The number of ether oxygens (including phenoxy) is 1. The average molecular weight is 663 g/mol. The van der Waals surface area contributed by atoms with Crippen LogP contribution in [0, 0.1) is 0 Å². The Labute approximate surface area is 290 Å². The van der Waals surface area contributed by atoms with E-state index in [0.29, 0.717) is 50.9 Å². The van der Waals surface area contributed by atoms with Crippen LogP contribution in [0.1, 0.15) is 55.2 Å². The third kappa shape index (κ3) is 10.7. The normalized spacial score (nSPS) is 15.3. The number of rotatable bonds is 15. The summed E-state index contributed by atoms with van der Waals surface area (Å²) in [5.74, 6) is 3.28. The summed E-state index contributed by atoms with van der Waals surface area (Å²) in [6.07, 6.45) is 8.31. The van der Waals surface area contributed by atoms with Gasteiger partial charge in [0.1, 0.15) is 23.1 Å². The first-order chi connectivity index (χ1) is 24.1. The molecule has 0 bridgehead atoms. The van der Waals surface area contributed by atoms with E-state index in [0.717, 1.165) is 60.5 Å². The minimum Gasteiger partial charge on any atom is -0.457 e. The monoisotopic (exact) mass is 662 g/mol. The van der Waals surface area contributed by atoms with E-state index in [1.807, 2.05) is 59.5 Å². The van der Waals surface area contributed by atoms with Gasteiger partial charge in [-0.05, 0) is 73.3 Å². The topological polar surface area (TPSA) is 121 Å². The number of nitrogens with one attached hydrogen (secondary N) is 3. The summed E-state index contributed by atoms with van der Waals surface area (Å²) in [7, 11) is 0. The predicted octanol–water partition coefficient (Wildman–Crippen LogP) is 5.76. The molecule has 1 aliphatic carbocycles. The highest BCUT2D eigenvalue weighted by atomic mass is 16.5. The molecule has 0 atom stereocenters. The van der Waals surface area contributed by atoms with Crippen LogP contribution in [0.15, 0.2) is 84.9 Å². The van der Waals surface area contributed by atoms with Crippen LogP contribution < -0.4 is 31.3 Å². The lowest BCUT2D eigenvalue weighted by molar-refractivity contribution is -0.130. The van der Waals surface area contributed by atoms with Crippen molar-refractivity contribution >= 4 is 23.5 Å². The van der Waals surface area contributed by atoms with Crippen LogP contribution in [0.25, 0.3) is 0 Å². The summed E-state index contributed by atoms with van der Waals surface area (Å²) in [5.41, 5.74) is 9.54. The molecule has 4 aromatic rings. The van der Waals surface area contributed by atoms with E-state index in [2.05, 4.69) is 50.1 Å². The molecule has 258 valence electrons. The van der Waals surface area contributed by atoms with E-state index < -0.39 is 0 Å². The molecular weight excluding hydrogens is 612 g/mol. The minimum atomic E-state index is 0.102. The fourth-order valence-corrected chi connectivity index (χ4v) is 6.52. The Morgan fingerprint density at radius 3 is 2.29 bits per heavy atom. The molecule has 0 unspecified atom stereocenters. The number of hydrogen-bond donors (Lipinski definition) is 4. The Morgan fingerprint density at radius 2 is 1.51 bits per heavy atom. The molecule has 2 fully saturated rings. The fraction of sp³-hybridized carbons (Fsp3) is 0.410. The largest absolute Gasteiger partial charge is 0.457 e. The first-order valence-electron chi connectivity index (χ1n) is 17.8. The molecule has 10 heteroatoms. The van der Waals surface area contributed by atoms with Gasteiger partial charge in [-0.2, -0.15) is 9.97 Å². The molecule has 5 N–H and O–H groups in total. The van der Waals surface area contributed by atoms with Gasteiger partial charge in [0.2, 0.25) is 11.9 Å². The Balaban J connectivity index is 0.916. The minimum absolute atomic E-state index is 0.102. The molecule has 2 aliphatic rings. The number of hydrogen-bond acceptors (Lipinski definition) is 9. The zero-order chi connectivity index (χ0) is 33.7. The number of benzene rings is 3. The number of nitrogens with zero attached hydrogens (tertiary/aromatic N) is 4. The van der Waals surface area contributed by atoms with E-state index in [1.54, 1.807) is 6.07 Å². The molecule has 49 heavy (non-hydrogen) atoms. The number of para-hydroxylation sites is 1. The third-order valence-corrected chi connectivity index (χ3v) is 9.29. The molecular formula is C39H50N8O2. The van der Waals surface area contributed by atoms with Crippen molar-refractivity contribution in [3.8, 4) is 11.5 Å². The van der Waals surface area contributed by atoms with Gasteiger partial charge in [0.25, 0.3) is 0 Å². The van der Waals surface area contributed by atoms with Crippen LogP contribution in [0.5, 0.6) is 11.5 Å². The number of amides is 1. The van der Waals surface area contributed by atoms with Crippen LogP contribution in [0.4, 0.5) is 17.6 Å². The maximum absolute atomic E-state index is 13.2. The Bertz CT molecular complexity index is 1600. The second-order valence-electron chi connectivity index (χ2n) is 13.1. The molecule has 1 saturated carbocycles. The van der Waals surface area contributed by atoms with Crippen molar-refractivity contribution < 1.29 is 9.53 Å². The molecule has 0 spiro atoms. The van der Waals surface area contributed by atoms with Crippen molar-refractivity contribution in [2.75, 3.05) is 55.2 Å². The Morgan fingerprint density at radius 1 is 0.776 bits per heavy atom. The first-order valence-corrected chi connectivity index (χ1v) is 17.8. The SMILES string of the molecule is Nc1cc(N2CCN(C(=O)Cc3cccc(Oc4ccccc4)c3)CC2)nc(NCc2ccc(CNCCCNC3CCCCC3)cc2)n1. The van der Waals surface area contributed by atoms with Crippen LogP contribution in [0.3, 0.4) is 0 Å². The van der Waals surface area contributed by atoms with E-state index >= 15 is 0 Å². The number of carbonyl (C=O) groups is 1. The molecule has 1 saturated heterocycles. The van der Waals surface area contributed by atoms with Crippen molar-refractivity contribution in [3.63, 3.8) is 0 Å². The van der Waals surface area contributed by atoms with E-state index in [1.165, 1.54) is 37.7 Å². The molecule has 0 radical (unpaired) electrons. The number of nitrogens with two attached hydrogens (primary N) is 1. The quantitative estimate of drug-likeness (QED) is 0.118. The second-order valence-corrected chi connectivity index (χ2v) is 13.1. The molecule has 3 aromatic carbocycles. The lowest BCUT2D eigenvalue weighted by atomic mass is 9.95. The summed E-state index contributed by atoms with van der Waals surface area (Å²) in [4.78, 5) is 26.4. The number of anilines is 3. The highest BCUT2D eigenvalue weighted by Gasteiger charge is 2.23. The van der Waals surface area contributed by atoms with E-state index in [9.17, 15) is 4.79 Å². The zero-order valence-corrected chi connectivity index (χ0v) is 28.4. The number of carbonyl (C=O) groups excluding carboxylic acids is 1. The Kier molecular flexibility index (Phi) is 12.3. The summed E-state index contributed by atoms with van der Waals surface area (Å²) < 4.78 is 5.95. The second kappa shape index (κ2) is 17.6. The summed E-state index contributed by atoms with van der Waals surface area (Å²) in [6.45, 7) is 6.15. The molecule has 1 amide bonds. The van der Waals surface area contributed by atoms with Crippen LogP contribution in [-0.4, -0.2) is 66.1 Å². The van der Waals surface area contributed by atoms with Crippen LogP contribution >= 0.6 is 0 Å². The van der Waals surface area contributed by atoms with E-state index in [4.69, 9.17) is 15.5 Å². The molecule has 6 rings (SSSR count). The zero-order valence-electron chi connectivity index (χ0n) is 28.4. The van der Waals surface area contributed by atoms with Gasteiger partial charge in [0.15, 0.2) is 0 Å². The maximum atomic E-state index is 13.2. The Hall–Kier alpha value is -4.67. The molecule has 2 heterocycles. The lowest BCUT2D eigenvalue weighted by Gasteiger charge is -2.35. The van der Waals surface area contributed by atoms with Crippen LogP contribution in [-0.2, 0) is 24.3 Å². The van der Waals surface area contributed by atoms with Crippen molar-refractivity contribution in [2.45, 2.75) is 64.1 Å². The van der Waals surface area contributed by atoms with Crippen molar-refractivity contribution in [3.05, 3.63) is 102 Å². The van der Waals surface area contributed by atoms with Gasteiger partial charge in [-0.3, -0.25) is 4.79 Å². The maximum Gasteiger partial charge on any atom is 0.227 e. The van der Waals surface area contributed by atoms with Crippen molar-refractivity contribution in [2.24, 2.45) is 0 Å². The molecule has 1 aromatic heterocycles. The lowest BCUT2D eigenvalue weighted by Crippen LogP contribution is -2.49. The van der Waals surface area contributed by atoms with Crippen molar-refractivity contribution in [1.29, 1.82) is 0 Å². The fourth-order valence-electron chi connectivity index (χ4n) is 6.52. The third-order valence-electron chi connectivity index (χ3n) is 9.29. The van der Waals surface area contributed by atoms with Gasteiger partial charge in [-0.15, -0.1) is 0 Å².